The zero-order valence-electron chi connectivity index (χ0n) is 7.95. The van der Waals surface area contributed by atoms with Gasteiger partial charge in [-0.2, -0.15) is 0 Å². The van der Waals surface area contributed by atoms with Crippen LogP contribution in [0.1, 0.15) is 5.56 Å². The van der Waals surface area contributed by atoms with E-state index in [4.69, 9.17) is 0 Å². The van der Waals surface area contributed by atoms with Crippen LogP contribution in [0.4, 0.5) is 4.39 Å². The van der Waals surface area contributed by atoms with Gasteiger partial charge < -0.3 is 0 Å². The first-order chi connectivity index (χ1) is 7.31. The molecule has 3 heteroatoms. The van der Waals surface area contributed by atoms with Gasteiger partial charge in [-0.15, -0.1) is 0 Å². The molecule has 1 aromatic carbocycles. The second-order valence-electron chi connectivity index (χ2n) is 3.17. The Balaban J connectivity index is 2.42. The molecule has 0 aliphatic heterocycles. The van der Waals surface area contributed by atoms with E-state index in [2.05, 4.69) is 20.9 Å². The number of benzene rings is 1. The molecule has 0 amide bonds. The van der Waals surface area contributed by atoms with Crippen LogP contribution in [0.25, 0.3) is 11.3 Å². The highest BCUT2D eigenvalue weighted by atomic mass is 79.9. The number of nitrogens with zero attached hydrogens (tertiary/aromatic N) is 1. The zero-order chi connectivity index (χ0) is 10.7. The summed E-state index contributed by atoms with van der Waals surface area (Å²) in [5.41, 5.74) is 2.28. The molecular weight excluding hydrogens is 257 g/mol. The van der Waals surface area contributed by atoms with Crippen LogP contribution in [0.3, 0.4) is 0 Å². The van der Waals surface area contributed by atoms with Gasteiger partial charge in [0.05, 0.1) is 5.69 Å². The Morgan fingerprint density at radius 1 is 1.13 bits per heavy atom. The SMILES string of the molecule is Fc1ccccc1-c1ccc(CBr)cn1. The molecule has 1 aromatic heterocycles. The second-order valence-corrected chi connectivity index (χ2v) is 3.73. The first kappa shape index (κ1) is 10.3. The minimum absolute atomic E-state index is 0.239. The van der Waals surface area contributed by atoms with Gasteiger partial charge in [-0.25, -0.2) is 4.39 Å². The minimum Gasteiger partial charge on any atom is -0.256 e. The highest BCUT2D eigenvalue weighted by Gasteiger charge is 2.04. The lowest BCUT2D eigenvalue weighted by atomic mass is 10.1. The van der Waals surface area contributed by atoms with Crippen LogP contribution in [0, 0.1) is 5.82 Å². The Morgan fingerprint density at radius 3 is 2.53 bits per heavy atom. The van der Waals surface area contributed by atoms with Crippen molar-refractivity contribution in [2.45, 2.75) is 5.33 Å². The molecule has 2 rings (SSSR count). The van der Waals surface area contributed by atoms with Crippen molar-refractivity contribution in [1.82, 2.24) is 4.98 Å². The van der Waals surface area contributed by atoms with Gasteiger partial charge in [-0.05, 0) is 23.8 Å². The van der Waals surface area contributed by atoms with E-state index in [0.717, 1.165) is 10.9 Å². The van der Waals surface area contributed by atoms with Crippen molar-refractivity contribution in [1.29, 1.82) is 0 Å². The first-order valence-electron chi connectivity index (χ1n) is 4.57. The minimum atomic E-state index is -0.239. The van der Waals surface area contributed by atoms with Crippen LogP contribution in [0.5, 0.6) is 0 Å². The Kier molecular flexibility index (Phi) is 3.11. The molecule has 0 unspecified atom stereocenters. The average Bonchev–Trinajstić information content (AvgIpc) is 2.30. The van der Waals surface area contributed by atoms with Crippen LogP contribution < -0.4 is 0 Å². The maximum atomic E-state index is 13.4. The molecule has 0 aliphatic rings. The molecule has 0 spiro atoms. The fourth-order valence-corrected chi connectivity index (χ4v) is 1.66. The maximum absolute atomic E-state index is 13.4. The molecular formula is C12H9BrFN. The van der Waals surface area contributed by atoms with Crippen LogP contribution in [-0.2, 0) is 5.33 Å². The lowest BCUT2D eigenvalue weighted by molar-refractivity contribution is 0.630. The summed E-state index contributed by atoms with van der Waals surface area (Å²) >= 11 is 3.34. The maximum Gasteiger partial charge on any atom is 0.132 e. The normalized spacial score (nSPS) is 10.3. The van der Waals surface area contributed by atoms with Crippen molar-refractivity contribution in [3.63, 3.8) is 0 Å². The third-order valence-electron chi connectivity index (χ3n) is 2.13. The molecule has 2 aromatic rings. The van der Waals surface area contributed by atoms with Gasteiger partial charge in [0.15, 0.2) is 0 Å². The number of aromatic nitrogens is 1. The standard InChI is InChI=1S/C12H9BrFN/c13-7-9-5-6-12(15-8-9)10-3-1-2-4-11(10)14/h1-6,8H,7H2. The molecule has 0 N–H and O–H groups in total. The van der Waals surface area contributed by atoms with Crippen molar-refractivity contribution < 1.29 is 4.39 Å². The Morgan fingerprint density at radius 2 is 1.93 bits per heavy atom. The third kappa shape index (κ3) is 2.23. The van der Waals surface area contributed by atoms with Gasteiger partial charge in [0.1, 0.15) is 5.82 Å². The van der Waals surface area contributed by atoms with Gasteiger partial charge in [0.2, 0.25) is 0 Å². The van der Waals surface area contributed by atoms with Gasteiger partial charge in [-0.3, -0.25) is 4.98 Å². The topological polar surface area (TPSA) is 12.9 Å². The van der Waals surface area contributed by atoms with E-state index >= 15 is 0 Å². The van der Waals surface area contributed by atoms with Crippen LogP contribution in [0.2, 0.25) is 0 Å². The number of rotatable bonds is 2. The summed E-state index contributed by atoms with van der Waals surface area (Å²) in [6, 6.07) is 10.4. The van der Waals surface area contributed by atoms with Crippen molar-refractivity contribution in [2.24, 2.45) is 0 Å². The van der Waals surface area contributed by atoms with E-state index < -0.39 is 0 Å². The van der Waals surface area contributed by atoms with Gasteiger partial charge >= 0.3 is 0 Å². The summed E-state index contributed by atoms with van der Waals surface area (Å²) < 4.78 is 13.4. The molecule has 76 valence electrons. The van der Waals surface area contributed by atoms with Crippen molar-refractivity contribution in [3.05, 3.63) is 54.0 Å². The fourth-order valence-electron chi connectivity index (χ4n) is 1.33. The number of alkyl halides is 1. The fraction of sp³-hybridized carbons (Fsp3) is 0.0833. The summed E-state index contributed by atoms with van der Waals surface area (Å²) in [4.78, 5) is 4.21. The van der Waals surface area contributed by atoms with E-state index in [-0.39, 0.29) is 5.82 Å². The van der Waals surface area contributed by atoms with Crippen LogP contribution >= 0.6 is 15.9 Å². The molecule has 0 radical (unpaired) electrons. The number of pyridine rings is 1. The van der Waals surface area contributed by atoms with Gasteiger partial charge in [0.25, 0.3) is 0 Å². The Bertz CT molecular complexity index is 453. The smallest absolute Gasteiger partial charge is 0.132 e. The largest absolute Gasteiger partial charge is 0.256 e. The van der Waals surface area contributed by atoms with E-state index in [1.165, 1.54) is 6.07 Å². The molecule has 1 heterocycles. The Hall–Kier alpha value is -1.22. The summed E-state index contributed by atoms with van der Waals surface area (Å²) in [5.74, 6) is -0.239. The first-order valence-corrected chi connectivity index (χ1v) is 5.69. The van der Waals surface area contributed by atoms with Crippen LogP contribution in [-0.4, -0.2) is 4.98 Å². The predicted molar refractivity (Wildman–Crippen MR) is 62.3 cm³/mol. The predicted octanol–water partition coefficient (Wildman–Crippen LogP) is 3.78. The van der Waals surface area contributed by atoms with Gasteiger partial charge in [0, 0.05) is 17.1 Å². The lowest BCUT2D eigenvalue weighted by Crippen LogP contribution is -1.88. The quantitative estimate of drug-likeness (QED) is 0.754. The molecule has 15 heavy (non-hydrogen) atoms. The molecule has 0 aliphatic carbocycles. The second kappa shape index (κ2) is 4.53. The molecule has 0 bridgehead atoms. The monoisotopic (exact) mass is 265 g/mol. The highest BCUT2D eigenvalue weighted by Crippen LogP contribution is 2.20. The van der Waals surface area contributed by atoms with Gasteiger partial charge in [-0.1, -0.05) is 34.1 Å². The summed E-state index contributed by atoms with van der Waals surface area (Å²) in [6.07, 6.45) is 1.75. The van der Waals surface area contributed by atoms with Crippen molar-refractivity contribution in [2.75, 3.05) is 0 Å². The molecule has 0 saturated carbocycles. The number of hydrogen-bond donors (Lipinski definition) is 0. The number of hydrogen-bond acceptors (Lipinski definition) is 1. The summed E-state index contributed by atoms with van der Waals surface area (Å²) in [7, 11) is 0. The van der Waals surface area contributed by atoms with Crippen LogP contribution in [0.15, 0.2) is 42.6 Å². The summed E-state index contributed by atoms with van der Waals surface area (Å²) in [5, 5.41) is 0.761. The average molecular weight is 266 g/mol. The Labute approximate surface area is 96.1 Å². The summed E-state index contributed by atoms with van der Waals surface area (Å²) in [6.45, 7) is 0. The molecule has 0 saturated heterocycles. The van der Waals surface area contributed by atoms with E-state index in [1.54, 1.807) is 24.4 Å². The molecule has 0 fully saturated rings. The molecule has 0 atom stereocenters. The van der Waals surface area contributed by atoms with E-state index in [1.807, 2.05) is 12.1 Å². The number of halogens is 2. The van der Waals surface area contributed by atoms with E-state index in [0.29, 0.717) is 11.3 Å². The zero-order valence-corrected chi connectivity index (χ0v) is 9.54. The molecule has 1 nitrogen and oxygen atoms in total. The van der Waals surface area contributed by atoms with Crippen molar-refractivity contribution >= 4 is 15.9 Å². The lowest BCUT2D eigenvalue weighted by Gasteiger charge is -2.02. The third-order valence-corrected chi connectivity index (χ3v) is 2.78. The van der Waals surface area contributed by atoms with Crippen molar-refractivity contribution in [3.8, 4) is 11.3 Å². The highest BCUT2D eigenvalue weighted by molar-refractivity contribution is 9.08. The van der Waals surface area contributed by atoms with E-state index in [9.17, 15) is 4.39 Å².